The highest BCUT2D eigenvalue weighted by Crippen LogP contribution is 2.20. The predicted octanol–water partition coefficient (Wildman–Crippen LogP) is 2.43. The van der Waals surface area contributed by atoms with E-state index in [0.717, 1.165) is 6.07 Å². The predicted molar refractivity (Wildman–Crippen MR) is 92.4 cm³/mol. The second kappa shape index (κ2) is 7.99. The SMILES string of the molecule is O=C(CNC(=O)c1ccc(N2CCOC2=O)cc1)Nc1ccc(F)c(F)c1F. The number of amides is 3. The van der Waals surface area contributed by atoms with Crippen molar-refractivity contribution in [3.8, 4) is 0 Å². The molecule has 0 saturated carbocycles. The number of hydrogen-bond donors (Lipinski definition) is 2. The van der Waals surface area contributed by atoms with Crippen LogP contribution in [-0.4, -0.2) is 37.6 Å². The van der Waals surface area contributed by atoms with Gasteiger partial charge in [0.2, 0.25) is 5.91 Å². The van der Waals surface area contributed by atoms with Gasteiger partial charge in [-0.3, -0.25) is 14.5 Å². The van der Waals surface area contributed by atoms with Gasteiger partial charge in [0.15, 0.2) is 17.5 Å². The summed E-state index contributed by atoms with van der Waals surface area (Å²) in [5.74, 6) is -6.03. The Hall–Kier alpha value is -3.56. The number of halogens is 3. The van der Waals surface area contributed by atoms with Gasteiger partial charge < -0.3 is 15.4 Å². The van der Waals surface area contributed by atoms with E-state index >= 15 is 0 Å². The molecule has 0 aliphatic carbocycles. The van der Waals surface area contributed by atoms with E-state index in [1.807, 2.05) is 5.32 Å². The lowest BCUT2D eigenvalue weighted by Gasteiger charge is -2.13. The van der Waals surface area contributed by atoms with Gasteiger partial charge in [0.05, 0.1) is 18.8 Å². The molecule has 2 aromatic carbocycles. The molecule has 0 spiro atoms. The number of rotatable bonds is 5. The van der Waals surface area contributed by atoms with Crippen LogP contribution in [0.1, 0.15) is 10.4 Å². The van der Waals surface area contributed by atoms with Crippen LogP contribution in [0.5, 0.6) is 0 Å². The lowest BCUT2D eigenvalue weighted by molar-refractivity contribution is -0.115. The van der Waals surface area contributed by atoms with Crippen molar-refractivity contribution in [1.29, 1.82) is 0 Å². The van der Waals surface area contributed by atoms with E-state index in [4.69, 9.17) is 4.74 Å². The Morgan fingerprint density at radius 2 is 1.75 bits per heavy atom. The van der Waals surface area contributed by atoms with Gasteiger partial charge in [0.1, 0.15) is 6.61 Å². The number of nitrogens with zero attached hydrogens (tertiary/aromatic N) is 1. The first kappa shape index (κ1) is 19.2. The fourth-order valence-corrected chi connectivity index (χ4v) is 2.50. The Kier molecular flexibility index (Phi) is 5.48. The largest absolute Gasteiger partial charge is 0.447 e. The van der Waals surface area contributed by atoms with E-state index in [1.165, 1.54) is 17.0 Å². The summed E-state index contributed by atoms with van der Waals surface area (Å²) in [5.41, 5.74) is 0.244. The third-order valence-electron chi connectivity index (χ3n) is 3.92. The highest BCUT2D eigenvalue weighted by Gasteiger charge is 2.23. The standard InChI is InChI=1S/C18H14F3N3O4/c19-12-5-6-13(16(21)15(12)20)23-14(25)9-22-17(26)10-1-3-11(4-2-10)24-7-8-28-18(24)27/h1-6H,7-9H2,(H,22,26)(H,23,25). The van der Waals surface area contributed by atoms with Crippen molar-refractivity contribution in [2.75, 3.05) is 29.9 Å². The first-order chi connectivity index (χ1) is 13.4. The zero-order valence-corrected chi connectivity index (χ0v) is 14.3. The van der Waals surface area contributed by atoms with Crippen LogP contribution in [0.15, 0.2) is 36.4 Å². The third-order valence-corrected chi connectivity index (χ3v) is 3.92. The number of anilines is 2. The molecule has 146 valence electrons. The maximum atomic E-state index is 13.5. The summed E-state index contributed by atoms with van der Waals surface area (Å²) < 4.78 is 44.4. The normalized spacial score (nSPS) is 13.2. The summed E-state index contributed by atoms with van der Waals surface area (Å²) in [4.78, 5) is 36.8. The molecule has 0 aromatic heterocycles. The monoisotopic (exact) mass is 393 g/mol. The van der Waals surface area contributed by atoms with Gasteiger partial charge >= 0.3 is 6.09 Å². The number of benzene rings is 2. The molecule has 2 aromatic rings. The quantitative estimate of drug-likeness (QED) is 0.764. The molecule has 1 fully saturated rings. The summed E-state index contributed by atoms with van der Waals surface area (Å²) in [6, 6.07) is 7.57. The van der Waals surface area contributed by atoms with Crippen molar-refractivity contribution < 1.29 is 32.3 Å². The number of cyclic esters (lactones) is 1. The van der Waals surface area contributed by atoms with Crippen LogP contribution in [0.2, 0.25) is 0 Å². The van der Waals surface area contributed by atoms with Crippen LogP contribution < -0.4 is 15.5 Å². The van der Waals surface area contributed by atoms with Crippen LogP contribution in [0.3, 0.4) is 0 Å². The van der Waals surface area contributed by atoms with E-state index in [-0.39, 0.29) is 12.2 Å². The van der Waals surface area contributed by atoms with Crippen molar-refractivity contribution in [3.63, 3.8) is 0 Å². The molecule has 0 bridgehead atoms. The van der Waals surface area contributed by atoms with Gasteiger partial charge in [-0.05, 0) is 36.4 Å². The van der Waals surface area contributed by atoms with E-state index < -0.39 is 47.6 Å². The molecule has 10 heteroatoms. The zero-order chi connectivity index (χ0) is 20.3. The second-order valence-electron chi connectivity index (χ2n) is 5.77. The molecule has 1 aliphatic heterocycles. The number of hydrogen-bond acceptors (Lipinski definition) is 4. The molecule has 0 unspecified atom stereocenters. The van der Waals surface area contributed by atoms with Gasteiger partial charge in [0, 0.05) is 11.3 Å². The molecule has 3 rings (SSSR count). The minimum Gasteiger partial charge on any atom is -0.447 e. The number of carbonyl (C=O) groups excluding carboxylic acids is 3. The highest BCUT2D eigenvalue weighted by atomic mass is 19.2. The van der Waals surface area contributed by atoms with Crippen molar-refractivity contribution >= 4 is 29.3 Å². The molecule has 3 amide bonds. The topological polar surface area (TPSA) is 87.7 Å². The second-order valence-corrected chi connectivity index (χ2v) is 5.77. The highest BCUT2D eigenvalue weighted by molar-refractivity contribution is 6.00. The van der Waals surface area contributed by atoms with Crippen molar-refractivity contribution in [1.82, 2.24) is 5.32 Å². The van der Waals surface area contributed by atoms with E-state index in [2.05, 4.69) is 5.32 Å². The average Bonchev–Trinajstić information content (AvgIpc) is 3.12. The fourth-order valence-electron chi connectivity index (χ4n) is 2.50. The zero-order valence-electron chi connectivity index (χ0n) is 14.3. The van der Waals surface area contributed by atoms with Gasteiger partial charge in [-0.2, -0.15) is 0 Å². The number of nitrogens with one attached hydrogen (secondary N) is 2. The molecule has 1 heterocycles. The molecule has 0 atom stereocenters. The summed E-state index contributed by atoms with van der Waals surface area (Å²) in [5, 5.41) is 4.36. The third kappa shape index (κ3) is 4.05. The van der Waals surface area contributed by atoms with E-state index in [1.54, 1.807) is 12.1 Å². The Labute approximate surface area is 157 Å². The lowest BCUT2D eigenvalue weighted by atomic mass is 10.2. The molecule has 28 heavy (non-hydrogen) atoms. The minimum atomic E-state index is -1.70. The number of carbonyl (C=O) groups is 3. The van der Waals surface area contributed by atoms with Crippen LogP contribution in [0.4, 0.5) is 29.3 Å². The Morgan fingerprint density at radius 1 is 1.04 bits per heavy atom. The van der Waals surface area contributed by atoms with Crippen molar-refractivity contribution in [2.24, 2.45) is 0 Å². The molecule has 1 aliphatic rings. The van der Waals surface area contributed by atoms with Gasteiger partial charge in [-0.15, -0.1) is 0 Å². The molecule has 1 saturated heterocycles. The molecular formula is C18H14F3N3O4. The maximum absolute atomic E-state index is 13.5. The first-order valence-corrected chi connectivity index (χ1v) is 8.12. The summed E-state index contributed by atoms with van der Waals surface area (Å²) >= 11 is 0. The number of ether oxygens (including phenoxy) is 1. The minimum absolute atomic E-state index is 0.225. The summed E-state index contributed by atoms with van der Waals surface area (Å²) in [6.07, 6.45) is -0.474. The van der Waals surface area contributed by atoms with Gasteiger partial charge in [0.25, 0.3) is 5.91 Å². The molecular weight excluding hydrogens is 379 g/mol. The van der Waals surface area contributed by atoms with Crippen molar-refractivity contribution in [2.45, 2.75) is 0 Å². The molecule has 7 nitrogen and oxygen atoms in total. The van der Waals surface area contributed by atoms with Crippen LogP contribution in [-0.2, 0) is 9.53 Å². The molecule has 0 radical (unpaired) electrons. The Balaban J connectivity index is 1.56. The van der Waals surface area contributed by atoms with Crippen LogP contribution in [0.25, 0.3) is 0 Å². The average molecular weight is 393 g/mol. The summed E-state index contributed by atoms with van der Waals surface area (Å²) in [7, 11) is 0. The van der Waals surface area contributed by atoms with E-state index in [9.17, 15) is 27.6 Å². The van der Waals surface area contributed by atoms with E-state index in [0.29, 0.717) is 18.3 Å². The van der Waals surface area contributed by atoms with Gasteiger partial charge in [-0.1, -0.05) is 0 Å². The van der Waals surface area contributed by atoms with Crippen LogP contribution >= 0.6 is 0 Å². The van der Waals surface area contributed by atoms with Gasteiger partial charge in [-0.25, -0.2) is 18.0 Å². The van der Waals surface area contributed by atoms with Crippen LogP contribution in [0, 0.1) is 17.5 Å². The lowest BCUT2D eigenvalue weighted by Crippen LogP contribution is -2.33. The first-order valence-electron chi connectivity index (χ1n) is 8.12. The van der Waals surface area contributed by atoms with Crippen molar-refractivity contribution in [3.05, 3.63) is 59.4 Å². The molecule has 2 N–H and O–H groups in total. The Bertz CT molecular complexity index is 934. The fraction of sp³-hybridized carbons (Fsp3) is 0.167. The smallest absolute Gasteiger partial charge is 0.414 e. The maximum Gasteiger partial charge on any atom is 0.414 e. The summed E-state index contributed by atoms with van der Waals surface area (Å²) in [6.45, 7) is 0.178. The Morgan fingerprint density at radius 3 is 2.39 bits per heavy atom.